The second kappa shape index (κ2) is 8.12. The smallest absolute Gasteiger partial charge is 0.433 e. The van der Waals surface area contributed by atoms with E-state index < -0.39 is 78.0 Å². The zero-order valence-corrected chi connectivity index (χ0v) is 17.1. The second-order valence-corrected chi connectivity index (χ2v) is 7.04. The van der Waals surface area contributed by atoms with Crippen molar-refractivity contribution in [3.05, 3.63) is 77.6 Å². The van der Waals surface area contributed by atoms with Crippen molar-refractivity contribution in [2.45, 2.75) is 6.18 Å². The third-order valence-corrected chi connectivity index (χ3v) is 4.82. The molecule has 0 spiro atoms. The van der Waals surface area contributed by atoms with Gasteiger partial charge in [0, 0.05) is 12.1 Å². The van der Waals surface area contributed by atoms with Gasteiger partial charge in [-0.1, -0.05) is 11.6 Å². The molecule has 32 heavy (non-hydrogen) atoms. The lowest BCUT2D eigenvalue weighted by Gasteiger charge is -2.15. The third-order valence-electron chi connectivity index (χ3n) is 3.83. The van der Waals surface area contributed by atoms with Gasteiger partial charge in [-0.15, -0.1) is 0 Å². The van der Waals surface area contributed by atoms with Gasteiger partial charge in [0.1, 0.15) is 5.82 Å². The van der Waals surface area contributed by atoms with Crippen molar-refractivity contribution in [3.8, 4) is 17.3 Å². The number of ether oxygens (including phenoxy) is 1. The number of nitrogens with two attached hydrogens (primary N) is 1. The number of nitrogen functional groups attached to an aromatic ring is 1. The lowest BCUT2D eigenvalue weighted by Crippen LogP contribution is -2.45. The number of alkyl halides is 3. The van der Waals surface area contributed by atoms with E-state index in [9.17, 15) is 40.3 Å². The number of benzene rings is 1. The van der Waals surface area contributed by atoms with E-state index in [0.717, 1.165) is 0 Å². The first-order valence-corrected chi connectivity index (χ1v) is 8.99. The highest BCUT2D eigenvalue weighted by Gasteiger charge is 2.36. The van der Waals surface area contributed by atoms with E-state index in [1.165, 1.54) is 0 Å². The van der Waals surface area contributed by atoms with Crippen LogP contribution in [0.1, 0.15) is 5.69 Å². The Bertz CT molecular complexity index is 1370. The van der Waals surface area contributed by atoms with Gasteiger partial charge in [-0.05, 0) is 22.0 Å². The average Bonchev–Trinajstić information content (AvgIpc) is 2.69. The minimum absolute atomic E-state index is 0.0658. The van der Waals surface area contributed by atoms with Gasteiger partial charge >= 0.3 is 11.9 Å². The van der Waals surface area contributed by atoms with Gasteiger partial charge in [-0.2, -0.15) is 26.9 Å². The molecule has 0 bridgehead atoms. The van der Waals surface area contributed by atoms with Crippen LogP contribution in [0.25, 0.3) is 5.69 Å². The van der Waals surface area contributed by atoms with Crippen molar-refractivity contribution < 1.29 is 35.5 Å². The molecule has 0 saturated heterocycles. The molecule has 1 aromatic carbocycles. The Morgan fingerprint density at radius 3 is 2.28 bits per heavy atom. The molecular formula is C16H5BrClF7N4O3. The fraction of sp³-hybridized carbons (Fsp3) is 0.0625. The molecule has 2 aromatic heterocycles. The van der Waals surface area contributed by atoms with Crippen LogP contribution >= 0.6 is 27.5 Å². The summed E-state index contributed by atoms with van der Waals surface area (Å²) in [6, 6.07) is 0.914. The van der Waals surface area contributed by atoms with Crippen molar-refractivity contribution in [3.63, 3.8) is 0 Å². The standard InChI is InChI=1S/C16H5BrClF7N4O3/c17-10-11(20)13(22)27-14(12(10)21)32-7-2-6(5(19)1-4(7)18)28-9(30)3-8(16(23,24)25)29(26)15(28)31/h1-3H,26H2. The van der Waals surface area contributed by atoms with Crippen LogP contribution in [-0.4, -0.2) is 14.2 Å². The van der Waals surface area contributed by atoms with E-state index in [2.05, 4.69) is 20.9 Å². The van der Waals surface area contributed by atoms with Crippen LogP contribution in [0.3, 0.4) is 0 Å². The van der Waals surface area contributed by atoms with Crippen molar-refractivity contribution >= 4 is 27.5 Å². The van der Waals surface area contributed by atoms with Crippen LogP contribution in [0, 0.1) is 23.4 Å². The SMILES string of the molecule is Nn1c(C(F)(F)F)cc(=O)n(-c2cc(Oc3nc(F)c(F)c(Br)c3F)c(Cl)cc2F)c1=O. The van der Waals surface area contributed by atoms with Gasteiger partial charge in [0.05, 0.1) is 15.2 Å². The van der Waals surface area contributed by atoms with Crippen LogP contribution in [0.5, 0.6) is 11.6 Å². The fourth-order valence-corrected chi connectivity index (χ4v) is 2.93. The molecule has 3 rings (SSSR count). The van der Waals surface area contributed by atoms with E-state index in [0.29, 0.717) is 12.1 Å². The molecule has 16 heteroatoms. The number of rotatable bonds is 3. The number of nitrogens with zero attached hydrogens (tertiary/aromatic N) is 3. The van der Waals surface area contributed by atoms with Crippen molar-refractivity contribution in [1.82, 2.24) is 14.2 Å². The molecule has 170 valence electrons. The van der Waals surface area contributed by atoms with Gasteiger partial charge in [-0.25, -0.2) is 22.8 Å². The van der Waals surface area contributed by atoms with E-state index in [-0.39, 0.29) is 10.6 Å². The van der Waals surface area contributed by atoms with Crippen LogP contribution in [-0.2, 0) is 6.18 Å². The molecule has 0 radical (unpaired) electrons. The van der Waals surface area contributed by atoms with Crippen LogP contribution < -0.4 is 21.8 Å². The van der Waals surface area contributed by atoms with Gasteiger partial charge in [0.25, 0.3) is 17.4 Å². The lowest BCUT2D eigenvalue weighted by atomic mass is 10.2. The van der Waals surface area contributed by atoms with Crippen LogP contribution in [0.4, 0.5) is 30.7 Å². The first kappa shape index (κ1) is 23.6. The summed E-state index contributed by atoms with van der Waals surface area (Å²) in [4.78, 5) is 27.2. The molecule has 0 saturated carbocycles. The molecule has 0 unspecified atom stereocenters. The summed E-state index contributed by atoms with van der Waals surface area (Å²) in [6.07, 6.45) is -5.18. The number of pyridine rings is 1. The molecule has 0 aliphatic heterocycles. The summed E-state index contributed by atoms with van der Waals surface area (Å²) in [5.41, 5.74) is -6.23. The van der Waals surface area contributed by atoms with Crippen LogP contribution in [0.2, 0.25) is 5.02 Å². The molecule has 0 aliphatic rings. The molecule has 7 nitrogen and oxygen atoms in total. The summed E-state index contributed by atoms with van der Waals surface area (Å²) in [5, 5.41) is -0.610. The number of hydrogen-bond acceptors (Lipinski definition) is 5. The van der Waals surface area contributed by atoms with E-state index in [1.54, 1.807) is 0 Å². The van der Waals surface area contributed by atoms with E-state index in [1.807, 2.05) is 0 Å². The largest absolute Gasteiger partial charge is 0.435 e. The summed E-state index contributed by atoms with van der Waals surface area (Å²) in [6.45, 7) is 0. The average molecular weight is 550 g/mol. The predicted molar refractivity (Wildman–Crippen MR) is 98.3 cm³/mol. The van der Waals surface area contributed by atoms with E-state index in [4.69, 9.17) is 22.2 Å². The highest BCUT2D eigenvalue weighted by Crippen LogP contribution is 2.35. The zero-order valence-electron chi connectivity index (χ0n) is 14.8. The summed E-state index contributed by atoms with van der Waals surface area (Å²) < 4.78 is 97.5. The van der Waals surface area contributed by atoms with Gasteiger partial charge in [-0.3, -0.25) is 4.79 Å². The summed E-state index contributed by atoms with van der Waals surface area (Å²) >= 11 is 8.19. The lowest BCUT2D eigenvalue weighted by molar-refractivity contribution is -0.143. The number of halogens is 9. The van der Waals surface area contributed by atoms with Crippen molar-refractivity contribution in [2.75, 3.05) is 5.84 Å². The number of aromatic nitrogens is 3. The van der Waals surface area contributed by atoms with Crippen molar-refractivity contribution in [2.24, 2.45) is 0 Å². The predicted octanol–water partition coefficient (Wildman–Crippen LogP) is 3.89. The van der Waals surface area contributed by atoms with Crippen molar-refractivity contribution in [1.29, 1.82) is 0 Å². The fourth-order valence-electron chi connectivity index (χ4n) is 2.40. The maximum absolute atomic E-state index is 14.4. The highest BCUT2D eigenvalue weighted by molar-refractivity contribution is 9.10. The molecule has 2 heterocycles. The topological polar surface area (TPSA) is 92.1 Å². The molecule has 0 amide bonds. The third kappa shape index (κ3) is 4.04. The summed E-state index contributed by atoms with van der Waals surface area (Å²) in [7, 11) is 0. The summed E-state index contributed by atoms with van der Waals surface area (Å²) in [5.74, 6) is -3.18. The number of hydrogen-bond donors (Lipinski definition) is 1. The Kier molecular flexibility index (Phi) is 5.99. The van der Waals surface area contributed by atoms with Gasteiger partial charge < -0.3 is 10.6 Å². The molecular weight excluding hydrogens is 545 g/mol. The van der Waals surface area contributed by atoms with E-state index >= 15 is 0 Å². The maximum atomic E-state index is 14.4. The second-order valence-electron chi connectivity index (χ2n) is 5.84. The zero-order chi connectivity index (χ0) is 24.1. The van der Waals surface area contributed by atoms with Gasteiger partial charge in [0.2, 0.25) is 5.82 Å². The first-order chi connectivity index (χ1) is 14.7. The Labute approximate surface area is 184 Å². The Balaban J connectivity index is 2.21. The molecule has 0 atom stereocenters. The Morgan fingerprint density at radius 1 is 1.06 bits per heavy atom. The highest BCUT2D eigenvalue weighted by atomic mass is 79.9. The Hall–Kier alpha value is -3.07. The minimum Gasteiger partial charge on any atom is -0.435 e. The Morgan fingerprint density at radius 2 is 1.69 bits per heavy atom. The maximum Gasteiger partial charge on any atom is 0.433 e. The quantitative estimate of drug-likeness (QED) is 0.304. The monoisotopic (exact) mass is 548 g/mol. The normalized spacial score (nSPS) is 11.7. The molecule has 2 N–H and O–H groups in total. The van der Waals surface area contributed by atoms with Crippen LogP contribution in [0.15, 0.2) is 32.3 Å². The molecule has 0 fully saturated rings. The molecule has 0 aliphatic carbocycles. The van der Waals surface area contributed by atoms with Gasteiger partial charge in [0.15, 0.2) is 17.3 Å². The minimum atomic E-state index is -5.18. The molecule has 3 aromatic rings. The first-order valence-electron chi connectivity index (χ1n) is 7.82.